The maximum absolute atomic E-state index is 12.7. The number of carbonyl (C=O) groups excluding carboxylic acids is 1. The number of anilines is 1. The fraction of sp³-hybridized carbons (Fsp3) is 0. The molecule has 2 rings (SSSR count). The number of amides is 1. The molecule has 0 spiro atoms. The predicted octanol–water partition coefficient (Wildman–Crippen LogP) is 3.44. The quantitative estimate of drug-likeness (QED) is 0.874. The van der Waals surface area contributed by atoms with Crippen molar-refractivity contribution in [2.75, 3.05) is 5.32 Å². The van der Waals surface area contributed by atoms with E-state index in [1.807, 2.05) is 0 Å². The molecule has 5 heteroatoms. The average molecular weight is 266 g/mol. The number of phenolic OH excluding ortho intramolecular Hbond substituents is 1. The Balaban J connectivity index is 2.19. The second kappa shape index (κ2) is 5.06. The second-order valence-corrected chi connectivity index (χ2v) is 4.06. The van der Waals surface area contributed by atoms with E-state index < -0.39 is 5.91 Å². The molecule has 0 unspecified atom stereocenters. The van der Waals surface area contributed by atoms with E-state index >= 15 is 0 Å². The molecule has 0 aromatic heterocycles. The summed E-state index contributed by atoms with van der Waals surface area (Å²) in [7, 11) is 0. The van der Waals surface area contributed by atoms with Crippen LogP contribution in [0, 0.1) is 5.82 Å². The Hall–Kier alpha value is -2.07. The maximum atomic E-state index is 12.7. The Kier molecular flexibility index (Phi) is 3.48. The highest BCUT2D eigenvalue weighted by Crippen LogP contribution is 2.22. The number of hydrogen-bond acceptors (Lipinski definition) is 2. The van der Waals surface area contributed by atoms with Crippen LogP contribution in [0.25, 0.3) is 0 Å². The highest BCUT2D eigenvalue weighted by molar-refractivity contribution is 6.30. The first kappa shape index (κ1) is 12.4. The zero-order valence-corrected chi connectivity index (χ0v) is 9.91. The number of phenols is 1. The van der Waals surface area contributed by atoms with Gasteiger partial charge in [-0.2, -0.15) is 0 Å². The lowest BCUT2D eigenvalue weighted by Gasteiger charge is -2.07. The first-order valence-electron chi connectivity index (χ1n) is 5.12. The number of aromatic hydroxyl groups is 1. The smallest absolute Gasteiger partial charge is 0.259 e. The lowest BCUT2D eigenvalue weighted by Crippen LogP contribution is -2.11. The molecule has 3 nitrogen and oxygen atoms in total. The van der Waals surface area contributed by atoms with Gasteiger partial charge in [0.05, 0.1) is 5.56 Å². The van der Waals surface area contributed by atoms with Crippen molar-refractivity contribution in [1.29, 1.82) is 0 Å². The molecule has 0 aliphatic heterocycles. The summed E-state index contributed by atoms with van der Waals surface area (Å²) in [6.07, 6.45) is 0. The average Bonchev–Trinajstić information content (AvgIpc) is 2.32. The summed E-state index contributed by atoms with van der Waals surface area (Å²) in [5, 5.41) is 12.5. The summed E-state index contributed by atoms with van der Waals surface area (Å²) in [5.41, 5.74) is 0.541. The first-order valence-corrected chi connectivity index (χ1v) is 5.49. The largest absolute Gasteiger partial charge is 0.507 e. The van der Waals surface area contributed by atoms with Gasteiger partial charge in [0.25, 0.3) is 5.91 Å². The lowest BCUT2D eigenvalue weighted by atomic mass is 10.2. The molecule has 2 aromatic rings. The summed E-state index contributed by atoms with van der Waals surface area (Å²) in [6, 6.07) is 9.52. The molecule has 0 heterocycles. The zero-order valence-electron chi connectivity index (χ0n) is 9.15. The lowest BCUT2D eigenvalue weighted by molar-refractivity contribution is 0.102. The number of hydrogen-bond donors (Lipinski definition) is 2. The Bertz CT molecular complexity index is 584. The van der Waals surface area contributed by atoms with E-state index in [2.05, 4.69) is 5.32 Å². The number of rotatable bonds is 2. The second-order valence-electron chi connectivity index (χ2n) is 3.62. The summed E-state index contributed by atoms with van der Waals surface area (Å²) in [4.78, 5) is 11.8. The highest BCUT2D eigenvalue weighted by atomic mass is 35.5. The minimum atomic E-state index is -0.490. The normalized spacial score (nSPS) is 10.1. The van der Waals surface area contributed by atoms with Gasteiger partial charge in [0, 0.05) is 10.7 Å². The number of nitrogens with one attached hydrogen (secondary N) is 1. The Morgan fingerprint density at radius 1 is 1.17 bits per heavy atom. The minimum Gasteiger partial charge on any atom is -0.507 e. The third kappa shape index (κ3) is 2.78. The summed E-state index contributed by atoms with van der Waals surface area (Å²) in [5.74, 6) is -1.08. The van der Waals surface area contributed by atoms with Gasteiger partial charge in [-0.15, -0.1) is 0 Å². The molecule has 0 aliphatic rings. The van der Waals surface area contributed by atoms with Gasteiger partial charge in [0.2, 0.25) is 0 Å². The van der Waals surface area contributed by atoms with Gasteiger partial charge < -0.3 is 10.4 Å². The third-order valence-corrected chi connectivity index (χ3v) is 2.54. The minimum absolute atomic E-state index is 0.101. The van der Waals surface area contributed by atoms with Gasteiger partial charge in [-0.3, -0.25) is 4.79 Å². The molecule has 0 radical (unpaired) electrons. The van der Waals surface area contributed by atoms with Crippen LogP contribution in [0.2, 0.25) is 5.02 Å². The molecule has 0 aliphatic carbocycles. The van der Waals surface area contributed by atoms with Crippen LogP contribution in [0.1, 0.15) is 10.4 Å². The van der Waals surface area contributed by atoms with Crippen LogP contribution in [0.4, 0.5) is 10.1 Å². The highest BCUT2D eigenvalue weighted by Gasteiger charge is 2.11. The van der Waals surface area contributed by atoms with E-state index in [0.29, 0.717) is 10.7 Å². The summed E-state index contributed by atoms with van der Waals surface area (Å²) < 4.78 is 12.7. The van der Waals surface area contributed by atoms with Crippen molar-refractivity contribution in [3.63, 3.8) is 0 Å². The standard InChI is InChI=1S/C13H9ClFNO2/c14-8-1-6-11(12(17)7-8)13(18)16-10-4-2-9(15)3-5-10/h1-7,17H,(H,16,18). The number of halogens is 2. The molecule has 0 atom stereocenters. The first-order chi connectivity index (χ1) is 8.56. The van der Waals surface area contributed by atoms with Gasteiger partial charge in [0.15, 0.2) is 0 Å². The van der Waals surface area contributed by atoms with Crippen LogP contribution in [0.5, 0.6) is 5.75 Å². The van der Waals surface area contributed by atoms with Crippen molar-refractivity contribution in [3.05, 3.63) is 58.9 Å². The molecule has 0 saturated heterocycles. The van der Waals surface area contributed by atoms with Crippen LogP contribution < -0.4 is 5.32 Å². The van der Waals surface area contributed by atoms with Gasteiger partial charge in [0.1, 0.15) is 11.6 Å². The molecule has 1 amide bonds. The van der Waals surface area contributed by atoms with Crippen LogP contribution in [0.15, 0.2) is 42.5 Å². The molecule has 2 aromatic carbocycles. The van der Waals surface area contributed by atoms with Crippen LogP contribution in [-0.4, -0.2) is 11.0 Å². The molecule has 0 fully saturated rings. The fourth-order valence-corrected chi connectivity index (χ4v) is 1.59. The number of carbonyl (C=O) groups is 1. The molecule has 0 saturated carbocycles. The van der Waals surface area contributed by atoms with Crippen LogP contribution >= 0.6 is 11.6 Å². The van der Waals surface area contributed by atoms with E-state index in [0.717, 1.165) is 0 Å². The van der Waals surface area contributed by atoms with E-state index in [9.17, 15) is 14.3 Å². The monoisotopic (exact) mass is 265 g/mol. The van der Waals surface area contributed by atoms with Crippen molar-refractivity contribution in [1.82, 2.24) is 0 Å². The maximum Gasteiger partial charge on any atom is 0.259 e. The molecule has 2 N–H and O–H groups in total. The van der Waals surface area contributed by atoms with Gasteiger partial charge in [-0.05, 0) is 42.5 Å². The zero-order chi connectivity index (χ0) is 13.1. The molecule has 92 valence electrons. The van der Waals surface area contributed by atoms with Gasteiger partial charge in [-0.1, -0.05) is 11.6 Å². The summed E-state index contributed by atoms with van der Waals surface area (Å²) in [6.45, 7) is 0. The fourth-order valence-electron chi connectivity index (χ4n) is 1.43. The van der Waals surface area contributed by atoms with Crippen molar-refractivity contribution in [2.24, 2.45) is 0 Å². The number of benzene rings is 2. The van der Waals surface area contributed by atoms with E-state index in [1.54, 1.807) is 0 Å². The molecule has 18 heavy (non-hydrogen) atoms. The van der Waals surface area contributed by atoms with E-state index in [-0.39, 0.29) is 17.1 Å². The van der Waals surface area contributed by atoms with E-state index in [1.165, 1.54) is 42.5 Å². The van der Waals surface area contributed by atoms with Crippen LogP contribution in [0.3, 0.4) is 0 Å². The molecular weight excluding hydrogens is 257 g/mol. The SMILES string of the molecule is O=C(Nc1ccc(F)cc1)c1ccc(Cl)cc1O. The third-order valence-electron chi connectivity index (χ3n) is 2.31. The summed E-state index contributed by atoms with van der Waals surface area (Å²) >= 11 is 5.67. The van der Waals surface area contributed by atoms with Crippen molar-refractivity contribution < 1.29 is 14.3 Å². The van der Waals surface area contributed by atoms with Gasteiger partial charge >= 0.3 is 0 Å². The topological polar surface area (TPSA) is 49.3 Å². The van der Waals surface area contributed by atoms with Crippen LogP contribution in [-0.2, 0) is 0 Å². The Labute approximate surface area is 108 Å². The van der Waals surface area contributed by atoms with Crippen molar-refractivity contribution in [3.8, 4) is 5.75 Å². The predicted molar refractivity (Wildman–Crippen MR) is 67.5 cm³/mol. The van der Waals surface area contributed by atoms with Crippen molar-refractivity contribution in [2.45, 2.75) is 0 Å². The van der Waals surface area contributed by atoms with Crippen molar-refractivity contribution >= 4 is 23.2 Å². The Morgan fingerprint density at radius 3 is 2.44 bits per heavy atom. The Morgan fingerprint density at radius 2 is 1.83 bits per heavy atom. The van der Waals surface area contributed by atoms with E-state index in [4.69, 9.17) is 11.6 Å². The molecular formula is C13H9ClFNO2. The van der Waals surface area contributed by atoms with Gasteiger partial charge in [-0.25, -0.2) is 4.39 Å². The molecule has 0 bridgehead atoms.